The first-order valence-corrected chi connectivity index (χ1v) is 7.76. The fourth-order valence-electron chi connectivity index (χ4n) is 1.61. The van der Waals surface area contributed by atoms with E-state index in [2.05, 4.69) is 15.9 Å². The van der Waals surface area contributed by atoms with Gasteiger partial charge in [0.05, 0.1) is 5.56 Å². The van der Waals surface area contributed by atoms with Crippen LogP contribution in [-0.2, 0) is 11.3 Å². The summed E-state index contributed by atoms with van der Waals surface area (Å²) in [6.07, 6.45) is 1.98. The summed E-state index contributed by atoms with van der Waals surface area (Å²) in [5.74, 6) is -0.295. The summed E-state index contributed by atoms with van der Waals surface area (Å²) in [7, 11) is 0. The van der Waals surface area contributed by atoms with Crippen LogP contribution in [0.15, 0.2) is 57.9 Å². The molecule has 0 bridgehead atoms. The largest absolute Gasteiger partial charge is 0.457 e. The van der Waals surface area contributed by atoms with Crippen molar-refractivity contribution in [3.05, 3.63) is 64.1 Å². The topological polar surface area (TPSA) is 26.3 Å². The van der Waals surface area contributed by atoms with Crippen LogP contribution in [0, 0.1) is 0 Å². The van der Waals surface area contributed by atoms with Crippen molar-refractivity contribution in [1.29, 1.82) is 0 Å². The number of halogens is 1. The average molecular weight is 337 g/mol. The summed E-state index contributed by atoms with van der Waals surface area (Å²) in [5.41, 5.74) is 1.55. The van der Waals surface area contributed by atoms with Gasteiger partial charge in [0.25, 0.3) is 0 Å². The Bertz CT molecular complexity index is 584. The van der Waals surface area contributed by atoms with Crippen LogP contribution < -0.4 is 0 Å². The molecule has 0 aliphatic carbocycles. The molecule has 19 heavy (non-hydrogen) atoms. The molecule has 0 aliphatic rings. The highest BCUT2D eigenvalue weighted by molar-refractivity contribution is 9.10. The van der Waals surface area contributed by atoms with E-state index in [9.17, 15) is 4.79 Å². The minimum absolute atomic E-state index is 0.280. The molecule has 0 radical (unpaired) electrons. The standard InChI is InChI=1S/C15H13BrO2S/c1-19-14-7-3-5-12(9-14)15(17)18-10-11-4-2-6-13(16)8-11/h2-9H,10H2,1H3. The Balaban J connectivity index is 2.01. The molecule has 0 unspecified atom stereocenters. The summed E-state index contributed by atoms with van der Waals surface area (Å²) in [6, 6.07) is 15.2. The lowest BCUT2D eigenvalue weighted by atomic mass is 10.2. The van der Waals surface area contributed by atoms with Crippen LogP contribution in [0.1, 0.15) is 15.9 Å². The number of ether oxygens (including phenoxy) is 1. The van der Waals surface area contributed by atoms with E-state index < -0.39 is 0 Å². The molecule has 0 atom stereocenters. The molecule has 0 saturated carbocycles. The second-order valence-electron chi connectivity index (χ2n) is 3.94. The summed E-state index contributed by atoms with van der Waals surface area (Å²) in [5, 5.41) is 0. The third kappa shape index (κ3) is 4.11. The third-order valence-electron chi connectivity index (χ3n) is 2.56. The number of esters is 1. The van der Waals surface area contributed by atoms with Gasteiger partial charge in [0.15, 0.2) is 0 Å². The van der Waals surface area contributed by atoms with Crippen LogP contribution in [0.2, 0.25) is 0 Å². The zero-order valence-electron chi connectivity index (χ0n) is 10.4. The normalized spacial score (nSPS) is 10.2. The smallest absolute Gasteiger partial charge is 0.338 e. The van der Waals surface area contributed by atoms with Crippen molar-refractivity contribution in [3.63, 3.8) is 0 Å². The summed E-state index contributed by atoms with van der Waals surface area (Å²) >= 11 is 4.99. The monoisotopic (exact) mass is 336 g/mol. The highest BCUT2D eigenvalue weighted by atomic mass is 79.9. The number of carbonyl (C=O) groups excluding carboxylic acids is 1. The Morgan fingerprint density at radius 2 is 2.00 bits per heavy atom. The van der Waals surface area contributed by atoms with Gasteiger partial charge >= 0.3 is 5.97 Å². The van der Waals surface area contributed by atoms with E-state index in [4.69, 9.17) is 4.74 Å². The maximum Gasteiger partial charge on any atom is 0.338 e. The predicted octanol–water partition coefficient (Wildman–Crippen LogP) is 4.53. The predicted molar refractivity (Wildman–Crippen MR) is 81.5 cm³/mol. The molecule has 0 aromatic heterocycles. The van der Waals surface area contributed by atoms with Gasteiger partial charge in [0.1, 0.15) is 6.61 Å². The lowest BCUT2D eigenvalue weighted by Gasteiger charge is -2.06. The molecule has 0 N–H and O–H groups in total. The number of benzene rings is 2. The molecule has 0 amide bonds. The van der Waals surface area contributed by atoms with Gasteiger partial charge < -0.3 is 4.74 Å². The number of hydrogen-bond acceptors (Lipinski definition) is 3. The van der Waals surface area contributed by atoms with Crippen molar-refractivity contribution in [2.75, 3.05) is 6.26 Å². The molecule has 0 saturated heterocycles. The van der Waals surface area contributed by atoms with Crippen LogP contribution >= 0.6 is 27.7 Å². The summed E-state index contributed by atoms with van der Waals surface area (Å²) < 4.78 is 6.28. The van der Waals surface area contributed by atoms with E-state index in [1.165, 1.54) is 0 Å². The van der Waals surface area contributed by atoms with Crippen LogP contribution in [0.4, 0.5) is 0 Å². The van der Waals surface area contributed by atoms with E-state index in [0.29, 0.717) is 5.56 Å². The molecular formula is C15H13BrO2S. The number of hydrogen-bond donors (Lipinski definition) is 0. The van der Waals surface area contributed by atoms with E-state index in [1.54, 1.807) is 17.8 Å². The van der Waals surface area contributed by atoms with Gasteiger partial charge in [-0.25, -0.2) is 4.79 Å². The van der Waals surface area contributed by atoms with Gasteiger partial charge in [-0.05, 0) is 42.2 Å². The van der Waals surface area contributed by atoms with Crippen molar-refractivity contribution in [2.45, 2.75) is 11.5 Å². The van der Waals surface area contributed by atoms with Gasteiger partial charge in [-0.3, -0.25) is 0 Å². The van der Waals surface area contributed by atoms with Crippen molar-refractivity contribution >= 4 is 33.7 Å². The van der Waals surface area contributed by atoms with Crippen LogP contribution in [-0.4, -0.2) is 12.2 Å². The van der Waals surface area contributed by atoms with Crippen molar-refractivity contribution < 1.29 is 9.53 Å². The van der Waals surface area contributed by atoms with Crippen LogP contribution in [0.3, 0.4) is 0 Å². The summed E-state index contributed by atoms with van der Waals surface area (Å²) in [6.45, 7) is 0.280. The molecule has 0 heterocycles. The maximum atomic E-state index is 11.9. The SMILES string of the molecule is CSc1cccc(C(=O)OCc2cccc(Br)c2)c1. The number of carbonyl (C=O) groups is 1. The molecule has 0 spiro atoms. The van der Waals surface area contributed by atoms with E-state index in [0.717, 1.165) is 14.9 Å². The molecule has 0 fully saturated rings. The van der Waals surface area contributed by atoms with Crippen LogP contribution in [0.5, 0.6) is 0 Å². The third-order valence-corrected chi connectivity index (χ3v) is 3.78. The van der Waals surface area contributed by atoms with Crippen LogP contribution in [0.25, 0.3) is 0 Å². The van der Waals surface area contributed by atoms with E-state index in [1.807, 2.05) is 48.7 Å². The molecule has 2 aromatic carbocycles. The fourth-order valence-corrected chi connectivity index (χ4v) is 2.52. The number of rotatable bonds is 4. The first kappa shape index (κ1) is 14.2. The van der Waals surface area contributed by atoms with E-state index in [-0.39, 0.29) is 12.6 Å². The van der Waals surface area contributed by atoms with Gasteiger partial charge in [-0.2, -0.15) is 0 Å². The quantitative estimate of drug-likeness (QED) is 0.606. The molecule has 4 heteroatoms. The van der Waals surface area contributed by atoms with Gasteiger partial charge in [0.2, 0.25) is 0 Å². The minimum Gasteiger partial charge on any atom is -0.457 e. The molecule has 2 nitrogen and oxygen atoms in total. The fraction of sp³-hybridized carbons (Fsp3) is 0.133. The Kier molecular flexibility index (Phi) is 5.05. The zero-order valence-corrected chi connectivity index (χ0v) is 12.8. The molecular weight excluding hydrogens is 324 g/mol. The lowest BCUT2D eigenvalue weighted by molar-refractivity contribution is 0.0472. The van der Waals surface area contributed by atoms with Crippen molar-refractivity contribution in [2.24, 2.45) is 0 Å². The zero-order chi connectivity index (χ0) is 13.7. The van der Waals surface area contributed by atoms with Gasteiger partial charge in [-0.1, -0.05) is 34.1 Å². The maximum absolute atomic E-state index is 11.9. The van der Waals surface area contributed by atoms with Gasteiger partial charge in [-0.15, -0.1) is 11.8 Å². The second-order valence-corrected chi connectivity index (χ2v) is 5.73. The molecule has 98 valence electrons. The Morgan fingerprint density at radius 1 is 1.21 bits per heavy atom. The number of thioether (sulfide) groups is 1. The second kappa shape index (κ2) is 6.78. The highest BCUT2D eigenvalue weighted by Gasteiger charge is 2.08. The van der Waals surface area contributed by atoms with E-state index >= 15 is 0 Å². The van der Waals surface area contributed by atoms with Gasteiger partial charge in [0, 0.05) is 9.37 Å². The average Bonchev–Trinajstić information content (AvgIpc) is 2.45. The molecule has 0 aliphatic heterocycles. The first-order chi connectivity index (χ1) is 9.19. The molecule has 2 aromatic rings. The molecule has 2 rings (SSSR count). The first-order valence-electron chi connectivity index (χ1n) is 5.74. The van der Waals surface area contributed by atoms with Crippen molar-refractivity contribution in [3.8, 4) is 0 Å². The minimum atomic E-state index is -0.295. The Morgan fingerprint density at radius 3 is 2.74 bits per heavy atom. The highest BCUT2D eigenvalue weighted by Crippen LogP contribution is 2.17. The Labute approximate surface area is 125 Å². The van der Waals surface area contributed by atoms with Crippen molar-refractivity contribution in [1.82, 2.24) is 0 Å². The summed E-state index contributed by atoms with van der Waals surface area (Å²) in [4.78, 5) is 13.0. The Hall–Kier alpha value is -1.26. The lowest BCUT2D eigenvalue weighted by Crippen LogP contribution is -2.05.